The summed E-state index contributed by atoms with van der Waals surface area (Å²) in [4.78, 5) is 4.89. The smallest absolute Gasteiger partial charge is 0.116 e. The number of rotatable bonds is 3. The van der Waals surface area contributed by atoms with Gasteiger partial charge in [-0.2, -0.15) is 0 Å². The number of hydrogen-bond acceptors (Lipinski definition) is 2. The molecule has 1 fully saturated rings. The van der Waals surface area contributed by atoms with Gasteiger partial charge in [-0.25, -0.2) is 4.98 Å². The zero-order valence-corrected chi connectivity index (χ0v) is 10.8. The average molecular weight is 243 g/mol. The molecule has 0 unspecified atom stereocenters. The fourth-order valence-corrected chi connectivity index (χ4v) is 3.10. The number of aromatic nitrogens is 2. The molecule has 0 radical (unpaired) electrons. The Balaban J connectivity index is 2.04. The molecule has 0 aromatic carbocycles. The molecule has 3 nitrogen and oxygen atoms in total. The molecular formula is C15H21N3. The van der Waals surface area contributed by atoms with E-state index in [1.54, 1.807) is 0 Å². The Morgan fingerprint density at radius 1 is 1.22 bits per heavy atom. The highest BCUT2D eigenvalue weighted by Gasteiger charge is 2.21. The van der Waals surface area contributed by atoms with E-state index in [-0.39, 0.29) is 0 Å². The van der Waals surface area contributed by atoms with Gasteiger partial charge in [0.15, 0.2) is 0 Å². The predicted molar refractivity (Wildman–Crippen MR) is 73.8 cm³/mol. The number of pyridine rings is 1. The maximum Gasteiger partial charge on any atom is 0.116 e. The van der Waals surface area contributed by atoms with Crippen molar-refractivity contribution in [1.82, 2.24) is 9.38 Å². The minimum Gasteiger partial charge on any atom is -0.330 e. The van der Waals surface area contributed by atoms with Crippen LogP contribution in [0.4, 0.5) is 0 Å². The average Bonchev–Trinajstić information content (AvgIpc) is 2.80. The Bertz CT molecular complexity index is 524. The molecule has 1 aliphatic carbocycles. The quantitative estimate of drug-likeness (QED) is 0.900. The van der Waals surface area contributed by atoms with Gasteiger partial charge in [0.25, 0.3) is 0 Å². The molecule has 2 aromatic rings. The van der Waals surface area contributed by atoms with Crippen molar-refractivity contribution in [3.8, 4) is 0 Å². The van der Waals surface area contributed by atoms with Gasteiger partial charge in [-0.05, 0) is 31.5 Å². The van der Waals surface area contributed by atoms with E-state index >= 15 is 0 Å². The molecule has 2 aromatic heterocycles. The van der Waals surface area contributed by atoms with Crippen LogP contribution in [0.15, 0.2) is 24.4 Å². The third-order valence-corrected chi connectivity index (χ3v) is 4.00. The summed E-state index contributed by atoms with van der Waals surface area (Å²) in [5.74, 6) is 1.90. The molecule has 2 heterocycles. The molecule has 2 N–H and O–H groups in total. The first-order valence-corrected chi connectivity index (χ1v) is 7.06. The maximum atomic E-state index is 5.69. The minimum atomic E-state index is 0.639. The van der Waals surface area contributed by atoms with E-state index in [0.29, 0.717) is 12.5 Å². The van der Waals surface area contributed by atoms with Crippen molar-refractivity contribution in [3.05, 3.63) is 35.9 Å². The highest BCUT2D eigenvalue weighted by molar-refractivity contribution is 5.53. The molecule has 0 aliphatic heterocycles. The van der Waals surface area contributed by atoms with E-state index in [1.165, 1.54) is 49.1 Å². The fourth-order valence-electron chi connectivity index (χ4n) is 3.10. The van der Waals surface area contributed by atoms with Crippen molar-refractivity contribution in [3.63, 3.8) is 0 Å². The topological polar surface area (TPSA) is 43.3 Å². The zero-order valence-electron chi connectivity index (χ0n) is 10.8. The minimum absolute atomic E-state index is 0.639. The first-order valence-electron chi connectivity index (χ1n) is 7.06. The standard InChI is InChI=1S/C15H21N3/c16-10-9-13-14-8-4-5-11-18(14)15(17-13)12-6-2-1-3-7-12/h4-5,8,11-12H,1-3,6-7,9-10,16H2. The van der Waals surface area contributed by atoms with Gasteiger partial charge in [-0.15, -0.1) is 0 Å². The molecule has 0 saturated heterocycles. The molecule has 3 heteroatoms. The molecule has 96 valence electrons. The largest absolute Gasteiger partial charge is 0.330 e. The first-order chi connectivity index (χ1) is 8.90. The Morgan fingerprint density at radius 2 is 2.06 bits per heavy atom. The van der Waals surface area contributed by atoms with E-state index in [9.17, 15) is 0 Å². The Hall–Kier alpha value is -1.35. The van der Waals surface area contributed by atoms with E-state index in [4.69, 9.17) is 10.7 Å². The number of hydrogen-bond donors (Lipinski definition) is 1. The molecule has 0 amide bonds. The van der Waals surface area contributed by atoms with Gasteiger partial charge in [-0.1, -0.05) is 25.3 Å². The lowest BCUT2D eigenvalue weighted by molar-refractivity contribution is 0.427. The van der Waals surface area contributed by atoms with Crippen LogP contribution in [-0.4, -0.2) is 15.9 Å². The Morgan fingerprint density at radius 3 is 2.83 bits per heavy atom. The van der Waals surface area contributed by atoms with Gasteiger partial charge in [-0.3, -0.25) is 0 Å². The fraction of sp³-hybridized carbons (Fsp3) is 0.533. The zero-order chi connectivity index (χ0) is 12.4. The SMILES string of the molecule is NCCc1nc(C2CCCCC2)n2ccccc12. The van der Waals surface area contributed by atoms with Gasteiger partial charge in [0, 0.05) is 18.5 Å². The first kappa shape index (κ1) is 11.7. The van der Waals surface area contributed by atoms with Gasteiger partial charge in [0.05, 0.1) is 11.2 Å². The van der Waals surface area contributed by atoms with E-state index in [1.807, 2.05) is 0 Å². The monoisotopic (exact) mass is 243 g/mol. The lowest BCUT2D eigenvalue weighted by Crippen LogP contribution is -2.08. The lowest BCUT2D eigenvalue weighted by atomic mass is 9.89. The van der Waals surface area contributed by atoms with Crippen LogP contribution < -0.4 is 5.73 Å². The van der Waals surface area contributed by atoms with Gasteiger partial charge >= 0.3 is 0 Å². The summed E-state index contributed by atoms with van der Waals surface area (Å²) in [7, 11) is 0. The number of nitrogens with zero attached hydrogens (tertiary/aromatic N) is 2. The van der Waals surface area contributed by atoms with Crippen molar-refractivity contribution in [2.75, 3.05) is 6.54 Å². The molecule has 18 heavy (non-hydrogen) atoms. The normalized spacial score (nSPS) is 17.4. The van der Waals surface area contributed by atoms with Crippen LogP contribution in [-0.2, 0) is 6.42 Å². The molecule has 1 aliphatic rings. The van der Waals surface area contributed by atoms with Crippen LogP contribution >= 0.6 is 0 Å². The van der Waals surface area contributed by atoms with Crippen molar-refractivity contribution in [2.24, 2.45) is 5.73 Å². The van der Waals surface area contributed by atoms with E-state index < -0.39 is 0 Å². The Kier molecular flexibility index (Phi) is 3.33. The Labute approximate surface area is 108 Å². The number of nitrogens with two attached hydrogens (primary N) is 1. The van der Waals surface area contributed by atoms with Gasteiger partial charge < -0.3 is 10.1 Å². The van der Waals surface area contributed by atoms with Crippen LogP contribution in [0.2, 0.25) is 0 Å². The summed E-state index contributed by atoms with van der Waals surface area (Å²) in [5, 5.41) is 0. The highest BCUT2D eigenvalue weighted by Crippen LogP contribution is 2.33. The molecule has 0 atom stereocenters. The van der Waals surface area contributed by atoms with Crippen LogP contribution in [0, 0.1) is 0 Å². The lowest BCUT2D eigenvalue weighted by Gasteiger charge is -2.20. The summed E-state index contributed by atoms with van der Waals surface area (Å²) < 4.78 is 2.28. The third-order valence-electron chi connectivity index (χ3n) is 4.00. The molecule has 0 spiro atoms. The highest BCUT2D eigenvalue weighted by atomic mass is 15.0. The maximum absolute atomic E-state index is 5.69. The van der Waals surface area contributed by atoms with Gasteiger partial charge in [0.2, 0.25) is 0 Å². The summed E-state index contributed by atoms with van der Waals surface area (Å²) in [6.07, 6.45) is 9.67. The second kappa shape index (κ2) is 5.11. The van der Waals surface area contributed by atoms with Crippen LogP contribution in [0.5, 0.6) is 0 Å². The van der Waals surface area contributed by atoms with E-state index in [0.717, 1.165) is 6.42 Å². The summed E-state index contributed by atoms with van der Waals surface area (Å²) in [6.45, 7) is 0.672. The summed E-state index contributed by atoms with van der Waals surface area (Å²) in [5.41, 5.74) is 8.09. The van der Waals surface area contributed by atoms with Crippen molar-refractivity contribution in [2.45, 2.75) is 44.4 Å². The van der Waals surface area contributed by atoms with Crippen molar-refractivity contribution < 1.29 is 0 Å². The molecule has 0 bridgehead atoms. The van der Waals surface area contributed by atoms with Gasteiger partial charge in [0.1, 0.15) is 5.82 Å². The molecular weight excluding hydrogens is 222 g/mol. The second-order valence-electron chi connectivity index (χ2n) is 5.25. The van der Waals surface area contributed by atoms with Crippen molar-refractivity contribution >= 4 is 5.52 Å². The molecule has 1 saturated carbocycles. The van der Waals surface area contributed by atoms with Crippen LogP contribution in [0.3, 0.4) is 0 Å². The second-order valence-corrected chi connectivity index (χ2v) is 5.25. The summed E-state index contributed by atoms with van der Waals surface area (Å²) in [6, 6.07) is 6.33. The van der Waals surface area contributed by atoms with Crippen LogP contribution in [0.1, 0.15) is 49.5 Å². The molecule has 3 rings (SSSR count). The number of fused-ring (bicyclic) bond motifs is 1. The van der Waals surface area contributed by atoms with Crippen LogP contribution in [0.25, 0.3) is 5.52 Å². The van der Waals surface area contributed by atoms with E-state index in [2.05, 4.69) is 28.8 Å². The third kappa shape index (κ3) is 2.03. The summed E-state index contributed by atoms with van der Waals surface area (Å²) >= 11 is 0. The van der Waals surface area contributed by atoms with Crippen molar-refractivity contribution in [1.29, 1.82) is 0 Å². The number of imidazole rings is 1. The predicted octanol–water partition coefficient (Wildman–Crippen LogP) is 2.88.